The van der Waals surface area contributed by atoms with E-state index in [9.17, 15) is 0 Å². The van der Waals surface area contributed by atoms with E-state index < -0.39 is 19.5 Å². The molecule has 0 aromatic heterocycles. The van der Waals surface area contributed by atoms with Gasteiger partial charge in [0.1, 0.15) is 0 Å². The first-order valence-corrected chi connectivity index (χ1v) is 14.2. The first-order valence-electron chi connectivity index (χ1n) is 7.32. The van der Waals surface area contributed by atoms with Gasteiger partial charge in [-0.25, -0.2) is 5.09 Å². The van der Waals surface area contributed by atoms with Crippen LogP contribution in [0.15, 0.2) is 29.3 Å². The molecule has 1 aromatic rings. The minimum atomic E-state index is -1.62. The number of fused-ring (bicyclic) bond motifs is 1. The van der Waals surface area contributed by atoms with E-state index in [1.165, 1.54) is 11.1 Å². The third kappa shape index (κ3) is 6.96. The molecule has 22 heavy (non-hydrogen) atoms. The fraction of sp³-hybridized carbons (Fsp3) is 0.533. The molecule has 0 radical (unpaired) electrons. The molecule has 0 unspecified atom stereocenters. The Kier molecular flexibility index (Phi) is 9.72. The minimum absolute atomic E-state index is 0.600. The summed E-state index contributed by atoms with van der Waals surface area (Å²) < 4.78 is 0. The van der Waals surface area contributed by atoms with E-state index in [1.807, 2.05) is 0 Å². The van der Waals surface area contributed by atoms with Gasteiger partial charge < -0.3 is 0 Å². The molecule has 0 fully saturated rings. The van der Waals surface area contributed by atoms with Crippen LogP contribution in [0.3, 0.4) is 0 Å². The van der Waals surface area contributed by atoms with Crippen LogP contribution in [0.25, 0.3) is 0 Å². The van der Waals surface area contributed by atoms with Crippen molar-refractivity contribution in [3.05, 3.63) is 35.4 Å². The normalized spacial score (nSPS) is 13.9. The van der Waals surface area contributed by atoms with Crippen LogP contribution in [-0.2, 0) is 17.8 Å². The zero-order valence-corrected chi connectivity index (χ0v) is 17.9. The zero-order valence-electron chi connectivity index (χ0n) is 13.4. The standard InChI is InChI=1S/C15H23N2P.3ClH.Cr/c1-11(2)18(12(3)4)17-15-14-8-6-5-7-13(14)9-10-16-15;;;;/h5-8,11-12H,9-10H2,1-4H3,(H,16,17);3*1H;/q;;;;+3/p-2. The number of halogens is 3. The molecule has 7 heteroatoms. The van der Waals surface area contributed by atoms with Crippen molar-refractivity contribution < 1.29 is 11.4 Å². The molecule has 1 aromatic carbocycles. The van der Waals surface area contributed by atoms with Gasteiger partial charge in [0.15, 0.2) is 5.84 Å². The Morgan fingerprint density at radius 2 is 1.64 bits per heavy atom. The van der Waals surface area contributed by atoms with Crippen LogP contribution < -0.4 is 5.09 Å². The van der Waals surface area contributed by atoms with Gasteiger partial charge in [-0.1, -0.05) is 24.3 Å². The molecule has 0 saturated heterocycles. The third-order valence-electron chi connectivity index (χ3n) is 3.43. The van der Waals surface area contributed by atoms with E-state index in [0.29, 0.717) is 11.3 Å². The molecular formula is C15H24Cl3CrN2P+. The SMILES string of the molecule is CC(C)[PH+](NC1=NCCc2ccccc21)C(C)C.[Cl][Cr]([Cl])[Cl]. The van der Waals surface area contributed by atoms with Crippen LogP contribution in [0.5, 0.6) is 0 Å². The van der Waals surface area contributed by atoms with Gasteiger partial charge >= 0.3 is 41.5 Å². The second-order valence-corrected chi connectivity index (χ2v) is 15.5. The number of amidine groups is 1. The summed E-state index contributed by atoms with van der Waals surface area (Å²) in [4.78, 5) is 4.71. The van der Waals surface area contributed by atoms with Crippen molar-refractivity contribution in [2.45, 2.75) is 45.4 Å². The average molecular weight is 422 g/mol. The quantitative estimate of drug-likeness (QED) is 0.632. The Bertz CT molecular complexity index is 485. The monoisotopic (exact) mass is 420 g/mol. The van der Waals surface area contributed by atoms with Gasteiger partial charge in [-0.3, -0.25) is 4.99 Å². The van der Waals surface area contributed by atoms with Crippen molar-refractivity contribution in [2.24, 2.45) is 4.99 Å². The number of aliphatic imine (C=N–C) groups is 1. The molecule has 0 saturated carbocycles. The molecule has 2 rings (SSSR count). The van der Waals surface area contributed by atoms with Gasteiger partial charge in [-0.15, -0.1) is 0 Å². The van der Waals surface area contributed by atoms with Gasteiger partial charge in [0, 0.05) is 12.1 Å². The number of nitrogens with one attached hydrogen (secondary N) is 1. The Labute approximate surface area is 152 Å². The predicted octanol–water partition coefficient (Wildman–Crippen LogP) is 5.59. The molecule has 0 atom stereocenters. The first-order chi connectivity index (χ1) is 10.3. The van der Waals surface area contributed by atoms with E-state index in [0.717, 1.165) is 18.8 Å². The van der Waals surface area contributed by atoms with Crippen molar-refractivity contribution in [2.75, 3.05) is 6.54 Å². The van der Waals surface area contributed by atoms with E-state index in [-0.39, 0.29) is 0 Å². The number of hydrogen-bond acceptors (Lipinski definition) is 2. The van der Waals surface area contributed by atoms with Crippen LogP contribution in [0.1, 0.15) is 38.8 Å². The summed E-state index contributed by atoms with van der Waals surface area (Å²) in [5.74, 6) is 1.13. The molecular weight excluding hydrogens is 398 g/mol. The Hall–Kier alpha value is 0.522. The molecule has 0 spiro atoms. The molecule has 1 aliphatic heterocycles. The van der Waals surface area contributed by atoms with Gasteiger partial charge in [0.25, 0.3) is 0 Å². The average Bonchev–Trinajstić information content (AvgIpc) is 2.43. The zero-order chi connectivity index (χ0) is 16.7. The van der Waals surface area contributed by atoms with Crippen molar-refractivity contribution in [3.8, 4) is 0 Å². The molecule has 1 aliphatic rings. The van der Waals surface area contributed by atoms with E-state index in [4.69, 9.17) is 35.1 Å². The molecule has 0 bridgehead atoms. The number of rotatable bonds is 3. The number of nitrogens with zero attached hydrogens (tertiary/aromatic N) is 1. The van der Waals surface area contributed by atoms with E-state index >= 15 is 0 Å². The van der Waals surface area contributed by atoms with Crippen LogP contribution >= 0.6 is 38.2 Å². The maximum atomic E-state index is 4.93. The summed E-state index contributed by atoms with van der Waals surface area (Å²) in [6.45, 7) is 10.2. The second kappa shape index (κ2) is 10.4. The van der Waals surface area contributed by atoms with Crippen LogP contribution in [0.4, 0.5) is 0 Å². The van der Waals surface area contributed by atoms with Crippen molar-refractivity contribution >= 4 is 44.1 Å². The van der Waals surface area contributed by atoms with Crippen molar-refractivity contribution in [1.82, 2.24) is 5.09 Å². The fourth-order valence-electron chi connectivity index (χ4n) is 2.54. The predicted molar refractivity (Wildman–Crippen MR) is 101 cm³/mol. The Morgan fingerprint density at radius 1 is 1.09 bits per heavy atom. The molecule has 0 amide bonds. The van der Waals surface area contributed by atoms with Gasteiger partial charge in [-0.05, 0) is 39.7 Å². The van der Waals surface area contributed by atoms with Crippen LogP contribution in [0, 0.1) is 0 Å². The van der Waals surface area contributed by atoms with Gasteiger partial charge in [-0.2, -0.15) is 0 Å². The maximum absolute atomic E-state index is 4.93. The third-order valence-corrected chi connectivity index (χ3v) is 6.44. The topological polar surface area (TPSA) is 24.4 Å². The van der Waals surface area contributed by atoms with Gasteiger partial charge in [0.2, 0.25) is 0 Å². The van der Waals surface area contributed by atoms with Crippen LogP contribution in [0.2, 0.25) is 0 Å². The second-order valence-electron chi connectivity index (χ2n) is 5.70. The van der Waals surface area contributed by atoms with E-state index in [2.05, 4.69) is 57.0 Å². The molecule has 125 valence electrons. The molecule has 2 nitrogen and oxygen atoms in total. The van der Waals surface area contributed by atoms with Crippen molar-refractivity contribution in [1.29, 1.82) is 0 Å². The summed E-state index contributed by atoms with van der Waals surface area (Å²) in [6.07, 6.45) is 1.08. The first kappa shape index (κ1) is 20.6. The van der Waals surface area contributed by atoms with Gasteiger partial charge in [0.05, 0.1) is 19.4 Å². The van der Waals surface area contributed by atoms with Crippen molar-refractivity contribution in [3.63, 3.8) is 0 Å². The number of hydrogen-bond donors (Lipinski definition) is 1. The summed E-state index contributed by atoms with van der Waals surface area (Å²) in [5.41, 5.74) is 4.18. The van der Waals surface area contributed by atoms with E-state index in [1.54, 1.807) is 0 Å². The van der Waals surface area contributed by atoms with Crippen LogP contribution in [-0.4, -0.2) is 23.7 Å². The number of benzene rings is 1. The molecule has 0 aliphatic carbocycles. The summed E-state index contributed by atoms with van der Waals surface area (Å²) in [6, 6.07) is 8.65. The summed E-state index contributed by atoms with van der Waals surface area (Å²) in [5, 5.41) is 3.76. The molecule has 1 heterocycles. The Balaban J connectivity index is 0.000000541. The Morgan fingerprint density at radius 3 is 2.18 bits per heavy atom. The molecule has 1 N–H and O–H groups in total. The summed E-state index contributed by atoms with van der Waals surface area (Å²) in [7, 11) is 14.2. The fourth-order valence-corrected chi connectivity index (χ4v) is 4.94. The summed E-state index contributed by atoms with van der Waals surface area (Å²) >= 11 is -1.62.